The molecule has 0 spiro atoms. The highest BCUT2D eigenvalue weighted by Gasteiger charge is 2.27. The van der Waals surface area contributed by atoms with Crippen LogP contribution in [0.4, 0.5) is 10.8 Å². The fraction of sp³-hybridized carbons (Fsp3) is 0.200. The summed E-state index contributed by atoms with van der Waals surface area (Å²) < 4.78 is 4.88. The van der Waals surface area contributed by atoms with Crippen LogP contribution in [0.3, 0.4) is 0 Å². The lowest BCUT2D eigenvalue weighted by Crippen LogP contribution is -2.31. The summed E-state index contributed by atoms with van der Waals surface area (Å²) in [5.74, 6) is -3.09. The van der Waals surface area contributed by atoms with Gasteiger partial charge in [-0.2, -0.15) is 0 Å². The number of nitro groups is 1. The summed E-state index contributed by atoms with van der Waals surface area (Å²) in [5.41, 5.74) is 3.15. The molecule has 0 unspecified atom stereocenters. The number of esters is 1. The molecule has 1 heterocycles. The molecule has 1 amide bonds. The van der Waals surface area contributed by atoms with Crippen molar-refractivity contribution in [2.45, 2.75) is 13.8 Å². The van der Waals surface area contributed by atoms with Crippen LogP contribution in [0.15, 0.2) is 18.2 Å². The molecule has 12 heteroatoms. The van der Waals surface area contributed by atoms with Crippen molar-refractivity contribution in [2.24, 2.45) is 0 Å². The zero-order valence-electron chi connectivity index (χ0n) is 14.1. The molecule has 142 valence electrons. The van der Waals surface area contributed by atoms with Crippen molar-refractivity contribution in [3.8, 4) is 0 Å². The highest BCUT2D eigenvalue weighted by Crippen LogP contribution is 2.24. The number of hydrazine groups is 1. The Morgan fingerprint density at radius 3 is 2.67 bits per heavy atom. The second-order valence-corrected chi connectivity index (χ2v) is 5.99. The summed E-state index contributed by atoms with van der Waals surface area (Å²) in [7, 11) is 0. The maximum absolute atomic E-state index is 12.3. The SMILES string of the molecule is CCOC(=O)c1sc(NNC(=O)c2c(C(=O)O)cccc2[N+](=O)[O-])nc1C. The molecule has 0 bridgehead atoms. The number of anilines is 1. The molecule has 11 nitrogen and oxygen atoms in total. The topological polar surface area (TPSA) is 161 Å². The number of nitrogens with one attached hydrogen (secondary N) is 2. The molecule has 0 saturated carbocycles. The van der Waals surface area contributed by atoms with Crippen molar-refractivity contribution in [1.29, 1.82) is 0 Å². The predicted molar refractivity (Wildman–Crippen MR) is 94.0 cm³/mol. The maximum atomic E-state index is 12.3. The minimum absolute atomic E-state index is 0.124. The first-order chi connectivity index (χ1) is 12.8. The molecule has 27 heavy (non-hydrogen) atoms. The van der Waals surface area contributed by atoms with Gasteiger partial charge in [0.05, 0.1) is 22.8 Å². The fourth-order valence-corrected chi connectivity index (χ4v) is 2.93. The van der Waals surface area contributed by atoms with Gasteiger partial charge in [0.1, 0.15) is 10.4 Å². The van der Waals surface area contributed by atoms with Gasteiger partial charge in [-0.15, -0.1) is 0 Å². The number of nitrogens with zero attached hydrogens (tertiary/aromatic N) is 2. The summed E-state index contributed by atoms with van der Waals surface area (Å²) in [4.78, 5) is 49.9. The number of hydrogen-bond acceptors (Lipinski definition) is 9. The van der Waals surface area contributed by atoms with E-state index < -0.39 is 39.6 Å². The smallest absolute Gasteiger partial charge is 0.350 e. The van der Waals surface area contributed by atoms with Crippen LogP contribution in [0.25, 0.3) is 0 Å². The molecule has 2 aromatic rings. The third-order valence-corrected chi connectivity index (χ3v) is 4.29. The Hall–Kier alpha value is -3.54. The summed E-state index contributed by atoms with van der Waals surface area (Å²) in [6, 6.07) is 3.27. The number of ether oxygens (including phenoxy) is 1. The lowest BCUT2D eigenvalue weighted by Gasteiger charge is -2.08. The normalized spacial score (nSPS) is 10.1. The summed E-state index contributed by atoms with van der Waals surface area (Å²) in [6.45, 7) is 3.41. The zero-order valence-corrected chi connectivity index (χ0v) is 15.0. The van der Waals surface area contributed by atoms with Crippen LogP contribution in [-0.2, 0) is 4.74 Å². The number of aryl methyl sites for hydroxylation is 1. The molecule has 0 atom stereocenters. The number of aromatic carboxylic acids is 1. The van der Waals surface area contributed by atoms with Gasteiger partial charge in [0.15, 0.2) is 0 Å². The van der Waals surface area contributed by atoms with E-state index in [2.05, 4.69) is 15.8 Å². The molecule has 0 aliphatic heterocycles. The molecule has 0 aliphatic carbocycles. The van der Waals surface area contributed by atoms with Gasteiger partial charge in [-0.25, -0.2) is 14.6 Å². The molecular formula is C15H14N4O7S. The van der Waals surface area contributed by atoms with Gasteiger partial charge in [0.2, 0.25) is 5.13 Å². The number of carboxylic acid groups (broad SMARTS) is 1. The van der Waals surface area contributed by atoms with Crippen molar-refractivity contribution in [3.05, 3.63) is 50.0 Å². The molecule has 0 radical (unpaired) electrons. The highest BCUT2D eigenvalue weighted by molar-refractivity contribution is 7.17. The summed E-state index contributed by atoms with van der Waals surface area (Å²) >= 11 is 0.904. The average molecular weight is 394 g/mol. The zero-order chi connectivity index (χ0) is 20.1. The molecule has 0 fully saturated rings. The number of thiazole rings is 1. The number of carboxylic acids is 1. The van der Waals surface area contributed by atoms with Gasteiger partial charge in [-0.05, 0) is 19.9 Å². The first kappa shape index (κ1) is 19.8. The molecule has 1 aromatic carbocycles. The van der Waals surface area contributed by atoms with E-state index in [0.717, 1.165) is 23.5 Å². The van der Waals surface area contributed by atoms with Crippen LogP contribution in [0.2, 0.25) is 0 Å². The Kier molecular flexibility index (Phi) is 6.03. The largest absolute Gasteiger partial charge is 0.478 e. The molecule has 0 saturated heterocycles. The summed E-state index contributed by atoms with van der Waals surface area (Å²) in [6.07, 6.45) is 0. The third kappa shape index (κ3) is 4.36. The van der Waals surface area contributed by atoms with E-state index in [1.807, 2.05) is 0 Å². The Morgan fingerprint density at radius 1 is 1.37 bits per heavy atom. The molecular weight excluding hydrogens is 380 g/mol. The average Bonchev–Trinajstić information content (AvgIpc) is 2.99. The van der Waals surface area contributed by atoms with Crippen molar-refractivity contribution in [3.63, 3.8) is 0 Å². The van der Waals surface area contributed by atoms with Crippen molar-refractivity contribution >= 4 is 40.0 Å². The minimum Gasteiger partial charge on any atom is -0.478 e. The Balaban J connectivity index is 2.24. The highest BCUT2D eigenvalue weighted by atomic mass is 32.1. The number of carbonyl (C=O) groups is 3. The third-order valence-electron chi connectivity index (χ3n) is 3.24. The molecule has 0 aliphatic rings. The van der Waals surface area contributed by atoms with E-state index in [4.69, 9.17) is 4.74 Å². The van der Waals surface area contributed by atoms with E-state index >= 15 is 0 Å². The van der Waals surface area contributed by atoms with Crippen LogP contribution in [-0.4, -0.2) is 39.5 Å². The number of aromatic nitrogens is 1. The monoisotopic (exact) mass is 394 g/mol. The van der Waals surface area contributed by atoms with Crippen LogP contribution in [0.5, 0.6) is 0 Å². The first-order valence-electron chi connectivity index (χ1n) is 7.47. The lowest BCUT2D eigenvalue weighted by atomic mass is 10.0. The van der Waals surface area contributed by atoms with E-state index in [-0.39, 0.29) is 16.6 Å². The van der Waals surface area contributed by atoms with Gasteiger partial charge in [-0.3, -0.25) is 25.8 Å². The van der Waals surface area contributed by atoms with E-state index in [1.165, 1.54) is 6.07 Å². The standard InChI is InChI=1S/C15H14N4O7S/c1-3-26-14(23)11-7(2)16-15(27-11)18-17-12(20)10-8(13(21)22)5-4-6-9(10)19(24)25/h4-6H,3H2,1-2H3,(H,16,18)(H,17,20)(H,21,22). The van der Waals surface area contributed by atoms with Crippen molar-refractivity contribution in [2.75, 3.05) is 12.0 Å². The minimum atomic E-state index is -1.49. The maximum Gasteiger partial charge on any atom is 0.350 e. The van der Waals surface area contributed by atoms with Gasteiger partial charge < -0.3 is 9.84 Å². The van der Waals surface area contributed by atoms with Crippen LogP contribution >= 0.6 is 11.3 Å². The Bertz CT molecular complexity index is 893. The summed E-state index contributed by atoms with van der Waals surface area (Å²) in [5, 5.41) is 20.4. The van der Waals surface area contributed by atoms with Gasteiger partial charge in [0.25, 0.3) is 11.6 Å². The second kappa shape index (κ2) is 8.23. The van der Waals surface area contributed by atoms with Gasteiger partial charge in [-0.1, -0.05) is 17.4 Å². The number of amides is 1. The van der Waals surface area contributed by atoms with E-state index in [0.29, 0.717) is 5.69 Å². The first-order valence-corrected chi connectivity index (χ1v) is 8.29. The lowest BCUT2D eigenvalue weighted by molar-refractivity contribution is -0.385. The van der Waals surface area contributed by atoms with Crippen LogP contribution < -0.4 is 10.9 Å². The number of carbonyl (C=O) groups excluding carboxylic acids is 2. The number of benzene rings is 1. The number of hydrogen-bond donors (Lipinski definition) is 3. The van der Waals surface area contributed by atoms with Crippen LogP contribution in [0.1, 0.15) is 43.0 Å². The Morgan fingerprint density at radius 2 is 2.07 bits per heavy atom. The van der Waals surface area contributed by atoms with Gasteiger partial charge >= 0.3 is 11.9 Å². The van der Waals surface area contributed by atoms with E-state index in [9.17, 15) is 29.6 Å². The second-order valence-electron chi connectivity index (χ2n) is 5.00. The molecule has 3 N–H and O–H groups in total. The van der Waals surface area contributed by atoms with Crippen molar-refractivity contribution < 1.29 is 29.2 Å². The predicted octanol–water partition coefficient (Wildman–Crippen LogP) is 1.99. The fourth-order valence-electron chi connectivity index (χ4n) is 2.12. The number of rotatable bonds is 7. The van der Waals surface area contributed by atoms with Gasteiger partial charge in [0, 0.05) is 6.07 Å². The van der Waals surface area contributed by atoms with E-state index in [1.54, 1.807) is 13.8 Å². The Labute approximate surface area is 156 Å². The molecule has 2 rings (SSSR count). The molecule has 1 aromatic heterocycles. The number of nitro benzene ring substituents is 1. The van der Waals surface area contributed by atoms with Crippen LogP contribution in [0, 0.1) is 17.0 Å². The van der Waals surface area contributed by atoms with Crippen molar-refractivity contribution in [1.82, 2.24) is 10.4 Å². The quantitative estimate of drug-likeness (QED) is 0.362.